The molecule has 0 radical (unpaired) electrons. The van der Waals surface area contributed by atoms with Crippen LogP contribution in [-0.2, 0) is 15.9 Å². The molecule has 19 heavy (non-hydrogen) atoms. The Kier molecular flexibility index (Phi) is 3.97. The summed E-state index contributed by atoms with van der Waals surface area (Å²) in [4.78, 5) is 22.8. The fourth-order valence-electron chi connectivity index (χ4n) is 1.75. The molecule has 100 valence electrons. The first kappa shape index (κ1) is 13.3. The van der Waals surface area contributed by atoms with Crippen molar-refractivity contribution in [2.45, 2.75) is 12.5 Å². The Morgan fingerprint density at radius 2 is 2.26 bits per heavy atom. The van der Waals surface area contributed by atoms with Crippen molar-refractivity contribution in [3.63, 3.8) is 0 Å². The molecule has 1 saturated heterocycles. The quantitative estimate of drug-likeness (QED) is 0.479. The third-order valence-corrected chi connectivity index (χ3v) is 2.75. The van der Waals surface area contributed by atoms with Gasteiger partial charge >= 0.3 is 11.9 Å². The molecule has 1 aromatic rings. The van der Waals surface area contributed by atoms with Gasteiger partial charge in [0.15, 0.2) is 0 Å². The molecule has 0 aromatic heterocycles. The van der Waals surface area contributed by atoms with Gasteiger partial charge in [-0.2, -0.15) is 0 Å². The smallest absolute Gasteiger partial charge is 0.338 e. The van der Waals surface area contributed by atoms with Crippen LogP contribution >= 0.6 is 0 Å². The lowest BCUT2D eigenvalue weighted by atomic mass is 10.00. The number of esters is 1. The molecule has 5 heteroatoms. The minimum atomic E-state index is -1.01. The van der Waals surface area contributed by atoms with Crippen LogP contribution in [0.1, 0.15) is 26.3 Å². The number of epoxide rings is 1. The lowest BCUT2D eigenvalue weighted by molar-refractivity contribution is 0.0548. The lowest BCUT2D eigenvalue weighted by Gasteiger charge is -2.07. The molecule has 0 bridgehead atoms. The molecule has 0 saturated carbocycles. The zero-order valence-electron chi connectivity index (χ0n) is 10.3. The van der Waals surface area contributed by atoms with Gasteiger partial charge in [0.2, 0.25) is 0 Å². The SMILES string of the molecule is C=CCOC(=O)c1ccc(C(=O)O)c(CC2CO2)c1. The summed E-state index contributed by atoms with van der Waals surface area (Å²) in [6.07, 6.45) is 2.02. The first-order valence-electron chi connectivity index (χ1n) is 5.87. The molecule has 0 amide bonds. The largest absolute Gasteiger partial charge is 0.478 e. The van der Waals surface area contributed by atoms with E-state index in [1.165, 1.54) is 18.2 Å². The van der Waals surface area contributed by atoms with E-state index in [9.17, 15) is 9.59 Å². The standard InChI is InChI=1S/C14H14O5/c1-2-5-18-14(17)9-3-4-12(13(15)16)10(6-9)7-11-8-19-11/h2-4,6,11H,1,5,7-8H2,(H,15,16). The van der Waals surface area contributed by atoms with E-state index in [0.29, 0.717) is 24.2 Å². The number of carboxylic acid groups (broad SMARTS) is 1. The van der Waals surface area contributed by atoms with Crippen LogP contribution in [0.25, 0.3) is 0 Å². The highest BCUT2D eigenvalue weighted by Crippen LogP contribution is 2.21. The summed E-state index contributed by atoms with van der Waals surface area (Å²) in [5.41, 5.74) is 1.11. The minimum Gasteiger partial charge on any atom is -0.478 e. The van der Waals surface area contributed by atoms with Crippen LogP contribution < -0.4 is 0 Å². The normalized spacial score (nSPS) is 16.7. The summed E-state index contributed by atoms with van der Waals surface area (Å²) in [5.74, 6) is -1.50. The van der Waals surface area contributed by atoms with Crippen LogP contribution in [0, 0.1) is 0 Å². The predicted octanol–water partition coefficient (Wildman–Crippen LogP) is 1.67. The van der Waals surface area contributed by atoms with Gasteiger partial charge in [0.05, 0.1) is 23.8 Å². The zero-order chi connectivity index (χ0) is 13.8. The van der Waals surface area contributed by atoms with Crippen LogP contribution in [-0.4, -0.2) is 36.4 Å². The van der Waals surface area contributed by atoms with Gasteiger partial charge in [-0.25, -0.2) is 9.59 Å². The van der Waals surface area contributed by atoms with Gasteiger partial charge in [-0.3, -0.25) is 0 Å². The van der Waals surface area contributed by atoms with E-state index in [1.807, 2.05) is 0 Å². The van der Waals surface area contributed by atoms with Gasteiger partial charge in [0, 0.05) is 6.42 Å². The maximum Gasteiger partial charge on any atom is 0.338 e. The van der Waals surface area contributed by atoms with Crippen molar-refractivity contribution < 1.29 is 24.2 Å². The summed E-state index contributed by atoms with van der Waals surface area (Å²) >= 11 is 0. The van der Waals surface area contributed by atoms with Gasteiger partial charge in [-0.15, -0.1) is 0 Å². The van der Waals surface area contributed by atoms with Crippen molar-refractivity contribution in [3.8, 4) is 0 Å². The van der Waals surface area contributed by atoms with E-state index in [2.05, 4.69) is 6.58 Å². The molecule has 0 aliphatic carbocycles. The van der Waals surface area contributed by atoms with Gasteiger partial charge in [-0.1, -0.05) is 12.7 Å². The van der Waals surface area contributed by atoms with Crippen molar-refractivity contribution in [2.75, 3.05) is 13.2 Å². The molecular weight excluding hydrogens is 248 g/mol. The van der Waals surface area contributed by atoms with Crippen LogP contribution in [0.5, 0.6) is 0 Å². The lowest BCUT2D eigenvalue weighted by Crippen LogP contribution is -2.10. The topological polar surface area (TPSA) is 76.1 Å². The Morgan fingerprint density at radius 3 is 2.84 bits per heavy atom. The van der Waals surface area contributed by atoms with Crippen LogP contribution in [0.4, 0.5) is 0 Å². The highest BCUT2D eigenvalue weighted by molar-refractivity contribution is 5.94. The second-order valence-corrected chi connectivity index (χ2v) is 4.22. The number of benzene rings is 1. The van der Waals surface area contributed by atoms with E-state index in [1.54, 1.807) is 6.07 Å². The molecule has 0 spiro atoms. The molecule has 2 rings (SSSR count). The number of carbonyl (C=O) groups excluding carboxylic acids is 1. The second kappa shape index (κ2) is 5.67. The predicted molar refractivity (Wildman–Crippen MR) is 67.3 cm³/mol. The average molecular weight is 262 g/mol. The third-order valence-electron chi connectivity index (χ3n) is 2.75. The highest BCUT2D eigenvalue weighted by atomic mass is 16.6. The van der Waals surface area contributed by atoms with Crippen LogP contribution in [0.2, 0.25) is 0 Å². The maximum absolute atomic E-state index is 11.7. The van der Waals surface area contributed by atoms with E-state index < -0.39 is 11.9 Å². The minimum absolute atomic E-state index is 0.0533. The molecule has 1 N–H and O–H groups in total. The average Bonchev–Trinajstić information content (AvgIpc) is 3.19. The van der Waals surface area contributed by atoms with Gasteiger partial charge in [0.1, 0.15) is 6.61 Å². The van der Waals surface area contributed by atoms with Crippen molar-refractivity contribution >= 4 is 11.9 Å². The fourth-order valence-corrected chi connectivity index (χ4v) is 1.75. The van der Waals surface area contributed by atoms with Crippen molar-refractivity contribution in [1.82, 2.24) is 0 Å². The number of hydrogen-bond acceptors (Lipinski definition) is 4. The Morgan fingerprint density at radius 1 is 1.53 bits per heavy atom. The molecule has 1 atom stereocenters. The van der Waals surface area contributed by atoms with E-state index in [0.717, 1.165) is 0 Å². The molecule has 1 unspecified atom stereocenters. The van der Waals surface area contributed by atoms with Gasteiger partial charge in [-0.05, 0) is 23.8 Å². The van der Waals surface area contributed by atoms with Crippen LogP contribution in [0.15, 0.2) is 30.9 Å². The molecular formula is C14H14O5. The Hall–Kier alpha value is -2.14. The third kappa shape index (κ3) is 3.42. The molecule has 1 aromatic carbocycles. The molecule has 1 fully saturated rings. The summed E-state index contributed by atoms with van der Waals surface area (Å²) < 4.78 is 10.0. The highest BCUT2D eigenvalue weighted by Gasteiger charge is 2.25. The van der Waals surface area contributed by atoms with E-state index in [4.69, 9.17) is 14.6 Å². The van der Waals surface area contributed by atoms with E-state index in [-0.39, 0.29) is 18.3 Å². The number of aromatic carboxylic acids is 1. The van der Waals surface area contributed by atoms with Crippen molar-refractivity contribution in [1.29, 1.82) is 0 Å². The van der Waals surface area contributed by atoms with Crippen LogP contribution in [0.3, 0.4) is 0 Å². The van der Waals surface area contributed by atoms with Crippen molar-refractivity contribution in [3.05, 3.63) is 47.5 Å². The number of carboxylic acids is 1. The first-order valence-corrected chi connectivity index (χ1v) is 5.87. The van der Waals surface area contributed by atoms with Gasteiger partial charge < -0.3 is 14.6 Å². The van der Waals surface area contributed by atoms with Crippen molar-refractivity contribution in [2.24, 2.45) is 0 Å². The Labute approximate surface area is 110 Å². The Bertz CT molecular complexity index is 517. The molecule has 1 heterocycles. The number of rotatable bonds is 6. The van der Waals surface area contributed by atoms with Gasteiger partial charge in [0.25, 0.3) is 0 Å². The summed E-state index contributed by atoms with van der Waals surface area (Å²) in [6, 6.07) is 4.42. The molecule has 1 aliphatic heterocycles. The summed E-state index contributed by atoms with van der Waals surface area (Å²) in [6.45, 7) is 4.21. The Balaban J connectivity index is 2.23. The summed E-state index contributed by atoms with van der Waals surface area (Å²) in [7, 11) is 0. The number of ether oxygens (including phenoxy) is 2. The fraction of sp³-hybridized carbons (Fsp3) is 0.286. The summed E-state index contributed by atoms with van der Waals surface area (Å²) in [5, 5.41) is 9.10. The zero-order valence-corrected chi connectivity index (χ0v) is 10.3. The first-order chi connectivity index (χ1) is 9.11. The molecule has 1 aliphatic rings. The number of carbonyl (C=O) groups is 2. The maximum atomic E-state index is 11.7. The van der Waals surface area contributed by atoms with E-state index >= 15 is 0 Å². The monoisotopic (exact) mass is 262 g/mol. The molecule has 5 nitrogen and oxygen atoms in total. The second-order valence-electron chi connectivity index (χ2n) is 4.22. The number of hydrogen-bond donors (Lipinski definition) is 1.